The Morgan fingerprint density at radius 1 is 0.921 bits per heavy atom. The Morgan fingerprint density at radius 3 is 2.16 bits per heavy atom. The number of alkyl halides is 6. The molecule has 1 saturated carbocycles. The van der Waals surface area contributed by atoms with Crippen LogP contribution in [0.5, 0.6) is 5.75 Å². The normalized spacial score (nSPS) is 28.8. The Kier molecular flexibility index (Phi) is 7.30. The molecule has 3 fully saturated rings. The molecule has 1 N–H and O–H groups in total. The molecule has 2 aromatic rings. The summed E-state index contributed by atoms with van der Waals surface area (Å²) < 4.78 is 87.2. The summed E-state index contributed by atoms with van der Waals surface area (Å²) in [6, 6.07) is 8.00. The summed E-state index contributed by atoms with van der Waals surface area (Å²) in [4.78, 5) is 13.9. The van der Waals surface area contributed by atoms with Crippen molar-refractivity contribution in [3.05, 3.63) is 41.5 Å². The molecule has 2 bridgehead atoms. The number of aliphatic carboxylic acids is 1. The van der Waals surface area contributed by atoms with Crippen LogP contribution in [0.2, 0.25) is 0 Å². The molecule has 5 rings (SSSR count). The first-order valence-electron chi connectivity index (χ1n) is 13.2. The number of carbonyl (C=O) groups is 1. The average Bonchev–Trinajstić information content (AvgIpc) is 2.82. The van der Waals surface area contributed by atoms with Gasteiger partial charge in [-0.1, -0.05) is 24.6 Å². The first-order chi connectivity index (χ1) is 17.9. The lowest BCUT2D eigenvalue weighted by Gasteiger charge is -2.48. The van der Waals surface area contributed by atoms with Crippen LogP contribution < -0.4 is 4.74 Å². The lowest BCUT2D eigenvalue weighted by atomic mass is 9.78. The van der Waals surface area contributed by atoms with Crippen molar-refractivity contribution in [3.8, 4) is 5.75 Å². The Hall–Kier alpha value is -2.49. The Balaban J connectivity index is 1.36. The molecule has 38 heavy (non-hydrogen) atoms. The van der Waals surface area contributed by atoms with Crippen molar-refractivity contribution in [2.45, 2.75) is 94.9 Å². The minimum absolute atomic E-state index is 0.00694. The summed E-state index contributed by atoms with van der Waals surface area (Å²) in [7, 11) is 0. The molecule has 0 aromatic heterocycles. The molecule has 10 heteroatoms. The fourth-order valence-electron chi connectivity index (χ4n) is 6.68. The second-order valence-electron chi connectivity index (χ2n) is 11.0. The minimum atomic E-state index is -4.70. The molecule has 0 radical (unpaired) electrons. The fourth-order valence-corrected chi connectivity index (χ4v) is 6.68. The molecule has 2 aromatic carbocycles. The number of hydrogen-bond donors (Lipinski definition) is 1. The van der Waals surface area contributed by atoms with Crippen molar-refractivity contribution < 1.29 is 41.0 Å². The van der Waals surface area contributed by atoms with E-state index in [9.17, 15) is 36.2 Å². The Labute approximate surface area is 216 Å². The number of hydrogen-bond acceptors (Lipinski definition) is 3. The molecule has 0 amide bonds. The summed E-state index contributed by atoms with van der Waals surface area (Å²) in [6.45, 7) is 0.541. The number of fused-ring (bicyclic) bond motifs is 3. The van der Waals surface area contributed by atoms with Crippen molar-refractivity contribution in [2.75, 3.05) is 0 Å². The molecule has 1 unspecified atom stereocenters. The molecular formula is C28H31F6NO3. The van der Waals surface area contributed by atoms with E-state index in [1.807, 2.05) is 0 Å². The van der Waals surface area contributed by atoms with Gasteiger partial charge in [0.15, 0.2) is 0 Å². The zero-order valence-corrected chi connectivity index (χ0v) is 20.8. The molecule has 1 aliphatic carbocycles. The fraction of sp³-hybridized carbons (Fsp3) is 0.607. The van der Waals surface area contributed by atoms with Gasteiger partial charge in [-0.2, -0.15) is 26.3 Å². The van der Waals surface area contributed by atoms with Crippen molar-refractivity contribution in [1.29, 1.82) is 0 Å². The van der Waals surface area contributed by atoms with Gasteiger partial charge >= 0.3 is 18.3 Å². The van der Waals surface area contributed by atoms with Gasteiger partial charge in [-0.05, 0) is 79.8 Å². The van der Waals surface area contributed by atoms with Crippen LogP contribution in [0.25, 0.3) is 10.8 Å². The van der Waals surface area contributed by atoms with E-state index in [-0.39, 0.29) is 54.8 Å². The number of nitrogens with zero attached hydrogens (tertiary/aromatic N) is 1. The van der Waals surface area contributed by atoms with E-state index in [1.54, 1.807) is 18.2 Å². The number of piperidine rings is 2. The zero-order valence-electron chi connectivity index (χ0n) is 20.8. The van der Waals surface area contributed by atoms with E-state index in [4.69, 9.17) is 4.74 Å². The molecule has 4 nitrogen and oxygen atoms in total. The Bertz CT molecular complexity index is 1160. The van der Waals surface area contributed by atoms with Crippen LogP contribution in [0, 0.1) is 11.8 Å². The first-order valence-corrected chi connectivity index (χ1v) is 13.2. The molecule has 2 saturated heterocycles. The predicted octanol–water partition coefficient (Wildman–Crippen LogP) is 7.58. The van der Waals surface area contributed by atoms with Gasteiger partial charge in [0, 0.05) is 18.6 Å². The lowest BCUT2D eigenvalue weighted by Crippen LogP contribution is -2.52. The first kappa shape index (κ1) is 27.1. The van der Waals surface area contributed by atoms with E-state index in [0.717, 1.165) is 24.8 Å². The maximum Gasteiger partial charge on any atom is 0.420 e. The highest BCUT2D eigenvalue weighted by molar-refractivity contribution is 5.89. The van der Waals surface area contributed by atoms with Crippen molar-refractivity contribution in [1.82, 2.24) is 4.90 Å². The van der Waals surface area contributed by atoms with Crippen molar-refractivity contribution in [2.24, 2.45) is 11.8 Å². The van der Waals surface area contributed by atoms with Gasteiger partial charge < -0.3 is 9.84 Å². The molecule has 2 aliphatic heterocycles. The van der Waals surface area contributed by atoms with E-state index < -0.39 is 35.9 Å². The maximum absolute atomic E-state index is 14.2. The quantitative estimate of drug-likeness (QED) is 0.395. The summed E-state index contributed by atoms with van der Waals surface area (Å²) >= 11 is 0. The van der Waals surface area contributed by atoms with Crippen LogP contribution in [0.3, 0.4) is 0 Å². The highest BCUT2D eigenvalue weighted by atomic mass is 19.4. The SMILES string of the molecule is O=C(O)C1C[C@H]2CCC[C@@H](C1)N2Cc1ccc2c(C(F)(F)F)c(OC3CCC(C(F)(F)F)CC3)ccc2c1. The van der Waals surface area contributed by atoms with Crippen molar-refractivity contribution in [3.63, 3.8) is 0 Å². The van der Waals surface area contributed by atoms with Crippen LogP contribution in [-0.4, -0.2) is 40.3 Å². The zero-order chi connectivity index (χ0) is 27.2. The van der Waals surface area contributed by atoms with Gasteiger partial charge in [-0.15, -0.1) is 0 Å². The highest BCUT2D eigenvalue weighted by Crippen LogP contribution is 2.44. The number of carboxylic acids is 1. The number of benzene rings is 2. The second-order valence-corrected chi connectivity index (χ2v) is 11.0. The topological polar surface area (TPSA) is 49.8 Å². The average molecular weight is 544 g/mol. The van der Waals surface area contributed by atoms with Crippen LogP contribution in [-0.2, 0) is 17.5 Å². The molecule has 3 atom stereocenters. The van der Waals surface area contributed by atoms with Gasteiger partial charge in [0.1, 0.15) is 11.3 Å². The number of halogens is 6. The summed E-state index contributed by atoms with van der Waals surface area (Å²) in [5, 5.41) is 9.89. The summed E-state index contributed by atoms with van der Waals surface area (Å²) in [5.41, 5.74) is -0.0472. The number of rotatable bonds is 5. The third kappa shape index (κ3) is 5.60. The number of ether oxygens (including phenoxy) is 1. The predicted molar refractivity (Wildman–Crippen MR) is 129 cm³/mol. The third-order valence-electron chi connectivity index (χ3n) is 8.60. The van der Waals surface area contributed by atoms with E-state index in [1.165, 1.54) is 12.1 Å². The Morgan fingerprint density at radius 2 is 1.58 bits per heavy atom. The monoisotopic (exact) mass is 543 g/mol. The van der Waals surface area contributed by atoms with Gasteiger partial charge in [0.2, 0.25) is 0 Å². The van der Waals surface area contributed by atoms with Crippen molar-refractivity contribution >= 4 is 16.7 Å². The molecule has 0 spiro atoms. The molecule has 3 aliphatic rings. The largest absolute Gasteiger partial charge is 0.490 e. The third-order valence-corrected chi connectivity index (χ3v) is 8.60. The van der Waals surface area contributed by atoms with Gasteiger partial charge in [0.25, 0.3) is 0 Å². The summed E-state index contributed by atoms with van der Waals surface area (Å²) in [6.07, 6.45) is -5.84. The van der Waals surface area contributed by atoms with Crippen LogP contribution in [0.1, 0.15) is 68.9 Å². The molecule has 2 heterocycles. The highest BCUT2D eigenvalue weighted by Gasteiger charge is 2.43. The van der Waals surface area contributed by atoms with E-state index in [0.29, 0.717) is 24.8 Å². The van der Waals surface area contributed by atoms with Crippen LogP contribution >= 0.6 is 0 Å². The smallest absolute Gasteiger partial charge is 0.420 e. The maximum atomic E-state index is 14.2. The molecule has 208 valence electrons. The number of carboxylic acid groups (broad SMARTS) is 1. The van der Waals surface area contributed by atoms with Crippen LogP contribution in [0.15, 0.2) is 30.3 Å². The minimum Gasteiger partial charge on any atom is -0.490 e. The summed E-state index contributed by atoms with van der Waals surface area (Å²) in [5.74, 6) is -2.90. The van der Waals surface area contributed by atoms with E-state index in [2.05, 4.69) is 4.90 Å². The molecular weight excluding hydrogens is 512 g/mol. The standard InChI is InChI=1S/C28H31F6NO3/c29-27(30,31)19-6-8-22(9-7-19)38-24-11-5-17-12-16(4-10-23(17)25(24)28(32,33)34)15-35-20-2-1-3-21(35)14-18(13-20)26(36)37/h4-5,10-12,18-22H,1-3,6-9,13-15H2,(H,36,37)/t18?,19?,20-,21+,22?. The van der Waals surface area contributed by atoms with Gasteiger partial charge in [-0.25, -0.2) is 0 Å². The lowest BCUT2D eigenvalue weighted by molar-refractivity contribution is -0.185. The second kappa shape index (κ2) is 10.2. The van der Waals surface area contributed by atoms with Gasteiger partial charge in [-0.3, -0.25) is 9.69 Å². The van der Waals surface area contributed by atoms with E-state index >= 15 is 0 Å². The van der Waals surface area contributed by atoms with Gasteiger partial charge in [0.05, 0.1) is 17.9 Å². The van der Waals surface area contributed by atoms with Crippen LogP contribution in [0.4, 0.5) is 26.3 Å².